The minimum Gasteiger partial charge on any atom is -0.279 e. The number of rotatable bonds is 0. The minimum absolute atomic E-state index is 0. The van der Waals surface area contributed by atoms with Crippen molar-refractivity contribution in [1.29, 1.82) is 0 Å². The van der Waals surface area contributed by atoms with Gasteiger partial charge in [-0.1, -0.05) is 0 Å². The van der Waals surface area contributed by atoms with Crippen molar-refractivity contribution in [1.82, 2.24) is 5.06 Å². The van der Waals surface area contributed by atoms with Crippen molar-refractivity contribution in [2.24, 2.45) is 0 Å². The Balaban J connectivity index is -0.000000213. The highest BCUT2D eigenvalue weighted by Gasteiger charge is 2.26. The van der Waals surface area contributed by atoms with E-state index in [1.807, 2.05) is 0 Å². The van der Waals surface area contributed by atoms with Crippen molar-refractivity contribution in [2.75, 3.05) is 0 Å². The number of carbonyl (C=O) groups excluding carboxylic acids is 2. The monoisotopic (exact) mass is 175 g/mol. The number of halogens is 3. The predicted octanol–water partition coefficient (Wildman–Crippen LogP) is -0.0179. The van der Waals surface area contributed by atoms with Gasteiger partial charge in [0.25, 0.3) is 11.8 Å². The summed E-state index contributed by atoms with van der Waals surface area (Å²) in [6, 6.07) is 0. The standard InChI is InChI=1S/C4H5NO3.3FH/c6-3-1-2-4(7)5(3)8;;;/h8H,1-2H2;3*1H. The number of hydroxylamine groups is 2. The predicted molar refractivity (Wildman–Crippen MR) is 30.4 cm³/mol. The van der Waals surface area contributed by atoms with Gasteiger partial charge in [-0.05, 0) is 0 Å². The zero-order valence-electron chi connectivity index (χ0n) is 5.35. The van der Waals surface area contributed by atoms with E-state index in [1.54, 1.807) is 0 Å². The van der Waals surface area contributed by atoms with Gasteiger partial charge >= 0.3 is 0 Å². The van der Waals surface area contributed by atoms with Crippen LogP contribution >= 0.6 is 0 Å². The lowest BCUT2D eigenvalue weighted by molar-refractivity contribution is -0.171. The molecule has 0 aliphatic carbocycles. The summed E-state index contributed by atoms with van der Waals surface area (Å²) in [6.45, 7) is 0. The fourth-order valence-electron chi connectivity index (χ4n) is 0.565. The highest BCUT2D eigenvalue weighted by atomic mass is 19.0. The quantitative estimate of drug-likeness (QED) is 0.416. The van der Waals surface area contributed by atoms with Crippen LogP contribution < -0.4 is 0 Å². The normalized spacial score (nSPS) is 14.8. The molecular weight excluding hydrogens is 167 g/mol. The van der Waals surface area contributed by atoms with Crippen LogP contribution in [-0.2, 0) is 9.59 Å². The Morgan fingerprint density at radius 2 is 1.27 bits per heavy atom. The highest BCUT2D eigenvalue weighted by Crippen LogP contribution is 2.06. The van der Waals surface area contributed by atoms with Gasteiger partial charge in [0.2, 0.25) is 0 Å². The summed E-state index contributed by atoms with van der Waals surface area (Å²) in [7, 11) is 0. The summed E-state index contributed by atoms with van der Waals surface area (Å²) >= 11 is 0. The number of carbonyl (C=O) groups is 2. The summed E-state index contributed by atoms with van der Waals surface area (Å²) in [5, 5.41) is 8.57. The lowest BCUT2D eigenvalue weighted by atomic mass is 10.4. The molecule has 1 rings (SSSR count). The average molecular weight is 175 g/mol. The number of nitrogens with zero attached hydrogens (tertiary/aromatic N) is 1. The van der Waals surface area contributed by atoms with Crippen LogP contribution in [0.1, 0.15) is 12.8 Å². The molecule has 0 spiro atoms. The number of hydrogen-bond donors (Lipinski definition) is 1. The summed E-state index contributed by atoms with van der Waals surface area (Å²) in [5.74, 6) is -1.01. The second-order valence-electron chi connectivity index (χ2n) is 1.60. The molecule has 0 aromatic rings. The molecule has 0 aromatic heterocycles. The summed E-state index contributed by atoms with van der Waals surface area (Å²) in [4.78, 5) is 20.5. The first-order chi connectivity index (χ1) is 3.72. The van der Waals surface area contributed by atoms with Gasteiger partial charge in [-0.15, -0.1) is 0 Å². The summed E-state index contributed by atoms with van der Waals surface area (Å²) < 4.78 is 0. The summed E-state index contributed by atoms with van der Waals surface area (Å²) in [5.41, 5.74) is 0. The molecule has 1 aliphatic heterocycles. The van der Waals surface area contributed by atoms with E-state index in [2.05, 4.69) is 0 Å². The van der Waals surface area contributed by atoms with Crippen LogP contribution in [0.2, 0.25) is 0 Å². The van der Waals surface area contributed by atoms with Gasteiger partial charge in [0.05, 0.1) is 0 Å². The maximum Gasteiger partial charge on any atom is 0.253 e. The Kier molecular flexibility index (Phi) is 8.47. The Labute approximate surface area is 59.8 Å². The van der Waals surface area contributed by atoms with Crippen LogP contribution in [0.3, 0.4) is 0 Å². The van der Waals surface area contributed by atoms with Crippen LogP contribution in [0.25, 0.3) is 0 Å². The second kappa shape index (κ2) is 5.66. The van der Waals surface area contributed by atoms with E-state index < -0.39 is 11.8 Å². The minimum atomic E-state index is -0.505. The van der Waals surface area contributed by atoms with E-state index in [-0.39, 0.29) is 32.0 Å². The third-order valence-electron chi connectivity index (χ3n) is 1.03. The number of hydrogen-bond acceptors (Lipinski definition) is 3. The molecular formula is C4H8F3NO3. The van der Waals surface area contributed by atoms with Gasteiger partial charge in [-0.25, -0.2) is 0 Å². The first-order valence-electron chi connectivity index (χ1n) is 2.26. The van der Waals surface area contributed by atoms with Crippen molar-refractivity contribution in [3.05, 3.63) is 0 Å². The van der Waals surface area contributed by atoms with E-state index in [1.165, 1.54) is 0 Å². The molecule has 1 fully saturated rings. The maximum atomic E-state index is 10.2. The van der Waals surface area contributed by atoms with E-state index >= 15 is 0 Å². The van der Waals surface area contributed by atoms with E-state index in [4.69, 9.17) is 5.21 Å². The van der Waals surface area contributed by atoms with Crippen molar-refractivity contribution in [2.45, 2.75) is 12.8 Å². The van der Waals surface area contributed by atoms with Crippen LogP contribution in [0.15, 0.2) is 0 Å². The molecule has 1 aliphatic rings. The van der Waals surface area contributed by atoms with Crippen molar-refractivity contribution < 1.29 is 28.9 Å². The molecule has 0 radical (unpaired) electrons. The molecule has 0 saturated carbocycles. The van der Waals surface area contributed by atoms with Gasteiger partial charge in [-0.2, -0.15) is 5.06 Å². The smallest absolute Gasteiger partial charge is 0.253 e. The largest absolute Gasteiger partial charge is 0.279 e. The van der Waals surface area contributed by atoms with Crippen molar-refractivity contribution >= 4 is 11.8 Å². The van der Waals surface area contributed by atoms with Crippen LogP contribution in [0, 0.1) is 0 Å². The zero-order valence-corrected chi connectivity index (χ0v) is 5.35. The molecule has 0 atom stereocenters. The molecule has 1 heterocycles. The van der Waals surface area contributed by atoms with Crippen LogP contribution in [-0.4, -0.2) is 22.1 Å². The third-order valence-corrected chi connectivity index (χ3v) is 1.03. The van der Waals surface area contributed by atoms with E-state index in [0.717, 1.165) is 0 Å². The third kappa shape index (κ3) is 2.99. The molecule has 1 saturated heterocycles. The SMILES string of the molecule is F.F.F.O=C1CCC(=O)N1O. The Hall–Kier alpha value is -1.11. The van der Waals surface area contributed by atoms with Gasteiger partial charge in [-0.3, -0.25) is 28.9 Å². The van der Waals surface area contributed by atoms with E-state index in [0.29, 0.717) is 0 Å². The van der Waals surface area contributed by atoms with Gasteiger partial charge < -0.3 is 0 Å². The average Bonchev–Trinajstić information content (AvgIpc) is 1.98. The topological polar surface area (TPSA) is 57.6 Å². The van der Waals surface area contributed by atoms with Gasteiger partial charge in [0, 0.05) is 12.8 Å². The molecule has 0 aromatic carbocycles. The first-order valence-corrected chi connectivity index (χ1v) is 2.26. The fraction of sp³-hybridized carbons (Fsp3) is 0.500. The molecule has 11 heavy (non-hydrogen) atoms. The zero-order chi connectivity index (χ0) is 6.15. The lowest BCUT2D eigenvalue weighted by Gasteiger charge is -1.98. The van der Waals surface area contributed by atoms with E-state index in [9.17, 15) is 9.59 Å². The number of amides is 2. The fourth-order valence-corrected chi connectivity index (χ4v) is 0.565. The van der Waals surface area contributed by atoms with Crippen LogP contribution in [0.5, 0.6) is 0 Å². The highest BCUT2D eigenvalue weighted by molar-refractivity contribution is 6.00. The summed E-state index contributed by atoms with van der Waals surface area (Å²) in [6.07, 6.45) is 0.296. The molecule has 2 amide bonds. The van der Waals surface area contributed by atoms with Crippen molar-refractivity contribution in [3.8, 4) is 0 Å². The lowest BCUT2D eigenvalue weighted by Crippen LogP contribution is -2.24. The van der Waals surface area contributed by atoms with Gasteiger partial charge in [0.1, 0.15) is 0 Å². The first kappa shape index (κ1) is 16.5. The molecule has 4 nitrogen and oxygen atoms in total. The second-order valence-corrected chi connectivity index (χ2v) is 1.60. The Bertz CT molecular complexity index is 136. The Morgan fingerprint density at radius 1 is 1.00 bits per heavy atom. The maximum absolute atomic E-state index is 10.2. The molecule has 1 N–H and O–H groups in total. The van der Waals surface area contributed by atoms with Gasteiger partial charge in [0.15, 0.2) is 0 Å². The Morgan fingerprint density at radius 3 is 1.36 bits per heavy atom. The van der Waals surface area contributed by atoms with Crippen LogP contribution in [0.4, 0.5) is 14.1 Å². The molecule has 7 heteroatoms. The molecule has 0 unspecified atom stereocenters. The molecule has 0 bridgehead atoms. The number of imide groups is 1. The van der Waals surface area contributed by atoms with Crippen molar-refractivity contribution in [3.63, 3.8) is 0 Å². The molecule has 68 valence electrons.